The maximum Gasteiger partial charge on any atom is 0.282 e. The molecule has 7 nitrogen and oxygen atoms in total. The molecule has 40 heavy (non-hydrogen) atoms. The third-order valence-corrected chi connectivity index (χ3v) is 7.43. The molecule has 6 rings (SSSR count). The fourth-order valence-corrected chi connectivity index (χ4v) is 5.27. The minimum Gasteiger partial charge on any atom is -0.392 e. The number of aliphatic hydroxyl groups is 1. The molecule has 8 heteroatoms. The highest BCUT2D eigenvalue weighted by molar-refractivity contribution is 6.04. The Hall–Kier alpha value is -4.69. The number of benzene rings is 3. The molecule has 1 aliphatic rings. The van der Waals surface area contributed by atoms with E-state index in [-0.39, 0.29) is 17.4 Å². The smallest absolute Gasteiger partial charge is 0.282 e. The van der Waals surface area contributed by atoms with Crippen molar-refractivity contribution in [1.29, 1.82) is 0 Å². The molecule has 0 atom stereocenters. The topological polar surface area (TPSA) is 106 Å². The summed E-state index contributed by atoms with van der Waals surface area (Å²) < 4.78 is 16.5. The second-order valence-corrected chi connectivity index (χ2v) is 11.0. The van der Waals surface area contributed by atoms with Gasteiger partial charge in [0.15, 0.2) is 0 Å². The number of aromatic nitrogens is 3. The Kier molecular flexibility index (Phi) is 6.07. The van der Waals surface area contributed by atoms with Crippen molar-refractivity contribution in [3.05, 3.63) is 111 Å². The molecule has 3 aromatic carbocycles. The van der Waals surface area contributed by atoms with Crippen molar-refractivity contribution in [3.63, 3.8) is 0 Å². The first kappa shape index (κ1) is 25.6. The zero-order chi connectivity index (χ0) is 28.2. The normalized spacial score (nSPS) is 13.0. The molecule has 3 heterocycles. The van der Waals surface area contributed by atoms with Crippen molar-refractivity contribution in [1.82, 2.24) is 14.8 Å². The van der Waals surface area contributed by atoms with Crippen LogP contribution < -0.4 is 11.3 Å². The van der Waals surface area contributed by atoms with Crippen LogP contribution in [0.5, 0.6) is 0 Å². The Morgan fingerprint density at radius 1 is 1.02 bits per heavy atom. The van der Waals surface area contributed by atoms with E-state index in [4.69, 9.17) is 5.73 Å². The second-order valence-electron chi connectivity index (χ2n) is 11.0. The number of halogens is 1. The zero-order valence-corrected chi connectivity index (χ0v) is 22.4. The number of pyridine rings is 1. The molecule has 200 valence electrons. The van der Waals surface area contributed by atoms with Gasteiger partial charge in [0.25, 0.3) is 5.56 Å². The number of fused-ring (bicyclic) bond motifs is 2. The summed E-state index contributed by atoms with van der Waals surface area (Å²) in [5.74, 6) is -0.160. The highest BCUT2D eigenvalue weighted by Crippen LogP contribution is 2.37. The van der Waals surface area contributed by atoms with Crippen molar-refractivity contribution >= 4 is 16.6 Å². The third-order valence-electron chi connectivity index (χ3n) is 7.43. The Morgan fingerprint density at radius 2 is 1.82 bits per heavy atom. The van der Waals surface area contributed by atoms with Gasteiger partial charge in [0, 0.05) is 28.3 Å². The average molecular weight is 534 g/mol. The Bertz CT molecular complexity index is 1890. The van der Waals surface area contributed by atoms with Crippen LogP contribution in [0, 0.1) is 5.82 Å². The van der Waals surface area contributed by atoms with Crippen LogP contribution in [0.1, 0.15) is 43.0 Å². The van der Waals surface area contributed by atoms with Gasteiger partial charge in [-0.05, 0) is 70.1 Å². The van der Waals surface area contributed by atoms with Crippen molar-refractivity contribution < 1.29 is 9.50 Å². The highest BCUT2D eigenvalue weighted by atomic mass is 19.1. The van der Waals surface area contributed by atoms with E-state index >= 15 is 4.39 Å². The average Bonchev–Trinajstić information content (AvgIpc) is 3.32. The quantitative estimate of drug-likeness (QED) is 0.328. The second kappa shape index (κ2) is 9.50. The predicted molar refractivity (Wildman–Crippen MR) is 155 cm³/mol. The molecule has 0 amide bonds. The first-order valence-electron chi connectivity index (χ1n) is 13.0. The van der Waals surface area contributed by atoms with Crippen LogP contribution in [0.4, 0.5) is 4.39 Å². The Labute approximate surface area is 230 Å². The summed E-state index contributed by atoms with van der Waals surface area (Å²) in [4.78, 5) is 22.6. The Balaban J connectivity index is 1.56. The number of hydrogen-bond donors (Lipinski definition) is 2. The van der Waals surface area contributed by atoms with Crippen LogP contribution in [0.15, 0.2) is 82.8 Å². The van der Waals surface area contributed by atoms with E-state index in [0.29, 0.717) is 34.6 Å². The largest absolute Gasteiger partial charge is 0.392 e. The number of nitrogens with zero attached hydrogens (tertiary/aromatic N) is 4. The molecule has 1 aliphatic heterocycles. The molecule has 0 aliphatic carbocycles. The number of hydrogen-bond acceptors (Lipinski definition) is 6. The van der Waals surface area contributed by atoms with Crippen molar-refractivity contribution in [3.8, 4) is 28.1 Å². The molecule has 0 radical (unpaired) electrons. The van der Waals surface area contributed by atoms with Gasteiger partial charge in [0.05, 0.1) is 36.1 Å². The van der Waals surface area contributed by atoms with E-state index in [2.05, 4.69) is 15.1 Å². The van der Waals surface area contributed by atoms with Crippen molar-refractivity contribution in [2.24, 2.45) is 10.7 Å². The molecule has 0 saturated heterocycles. The number of rotatable bonds is 4. The molecule has 5 aromatic rings. The Morgan fingerprint density at radius 3 is 2.55 bits per heavy atom. The maximum atomic E-state index is 15.3. The molecule has 0 unspecified atom stereocenters. The van der Waals surface area contributed by atoms with Crippen molar-refractivity contribution in [2.75, 3.05) is 0 Å². The standard InChI is InChI=1S/C32H28FN5O2/c1-32(2,3)20-11-19-15-37-38(31(40)29(19)26(33)14-20)28-9-6-7-21(25(28)17-39)18-12-22(27-8-4-5-10-35-27)24-16-36-30(34)23(24)13-18/h4-15,39H,16-17H2,1-3H3,(H2,34,36). The summed E-state index contributed by atoms with van der Waals surface area (Å²) in [6.07, 6.45) is 3.23. The van der Waals surface area contributed by atoms with E-state index in [1.807, 2.05) is 57.2 Å². The first-order chi connectivity index (χ1) is 19.2. The lowest BCUT2D eigenvalue weighted by atomic mass is 9.86. The number of aliphatic hydroxyl groups excluding tert-OH is 1. The van der Waals surface area contributed by atoms with Crippen LogP contribution in [0.3, 0.4) is 0 Å². The van der Waals surface area contributed by atoms with Gasteiger partial charge < -0.3 is 10.8 Å². The molecule has 0 fully saturated rings. The van der Waals surface area contributed by atoms with Gasteiger partial charge >= 0.3 is 0 Å². The number of amidine groups is 1. The number of nitrogens with two attached hydrogens (primary N) is 1. The molecular formula is C32H28FN5O2. The highest BCUT2D eigenvalue weighted by Gasteiger charge is 2.23. The number of aliphatic imine (C=N–C) groups is 1. The zero-order valence-electron chi connectivity index (χ0n) is 22.4. The summed E-state index contributed by atoms with van der Waals surface area (Å²) in [6.45, 7) is 6.04. The molecule has 0 saturated carbocycles. The van der Waals surface area contributed by atoms with Crippen LogP contribution in [0.25, 0.3) is 38.8 Å². The van der Waals surface area contributed by atoms with E-state index in [0.717, 1.165) is 38.2 Å². The molecule has 0 spiro atoms. The van der Waals surface area contributed by atoms with E-state index < -0.39 is 11.4 Å². The molecule has 3 N–H and O–H groups in total. The van der Waals surface area contributed by atoms with Gasteiger partial charge in [-0.25, -0.2) is 4.39 Å². The lowest BCUT2D eigenvalue weighted by molar-refractivity contribution is 0.282. The monoisotopic (exact) mass is 533 g/mol. The predicted octanol–water partition coefficient (Wildman–Crippen LogP) is 5.26. The van der Waals surface area contributed by atoms with E-state index in [9.17, 15) is 9.90 Å². The first-order valence-corrected chi connectivity index (χ1v) is 13.0. The summed E-state index contributed by atoms with van der Waals surface area (Å²) in [7, 11) is 0. The third kappa shape index (κ3) is 4.17. The fraction of sp³-hybridized carbons (Fsp3) is 0.188. The van der Waals surface area contributed by atoms with Crippen LogP contribution in [-0.4, -0.2) is 25.7 Å². The van der Waals surface area contributed by atoms with Crippen LogP contribution >= 0.6 is 0 Å². The van der Waals surface area contributed by atoms with E-state index in [1.165, 1.54) is 12.3 Å². The minimum absolute atomic E-state index is 0.0451. The maximum absolute atomic E-state index is 15.3. The van der Waals surface area contributed by atoms with Crippen LogP contribution in [-0.2, 0) is 18.6 Å². The van der Waals surface area contributed by atoms with Gasteiger partial charge in [0.1, 0.15) is 11.7 Å². The summed E-state index contributed by atoms with van der Waals surface area (Å²) in [5.41, 5.74) is 11.9. The SMILES string of the molecule is CC(C)(C)c1cc(F)c2c(=O)n(-c3cccc(-c4cc5c(c(-c6ccccn6)c4)CN=C5N)c3CO)ncc2c1. The molecule has 2 aromatic heterocycles. The molecular weight excluding hydrogens is 505 g/mol. The van der Waals surface area contributed by atoms with Gasteiger partial charge in [-0.1, -0.05) is 39.0 Å². The van der Waals surface area contributed by atoms with Gasteiger partial charge in [-0.3, -0.25) is 14.8 Å². The molecule has 0 bridgehead atoms. The van der Waals surface area contributed by atoms with Gasteiger partial charge in [0.2, 0.25) is 0 Å². The van der Waals surface area contributed by atoms with Crippen LogP contribution in [0.2, 0.25) is 0 Å². The summed E-state index contributed by atoms with van der Waals surface area (Å²) in [5, 5.41) is 15.3. The lowest BCUT2D eigenvalue weighted by Gasteiger charge is -2.20. The lowest BCUT2D eigenvalue weighted by Crippen LogP contribution is -2.24. The van der Waals surface area contributed by atoms with Gasteiger partial charge in [-0.2, -0.15) is 9.78 Å². The summed E-state index contributed by atoms with van der Waals surface area (Å²) >= 11 is 0. The van der Waals surface area contributed by atoms with Gasteiger partial charge in [-0.15, -0.1) is 0 Å². The summed E-state index contributed by atoms with van der Waals surface area (Å²) in [6, 6.07) is 18.2. The van der Waals surface area contributed by atoms with Crippen molar-refractivity contribution in [2.45, 2.75) is 39.3 Å². The van der Waals surface area contributed by atoms with E-state index in [1.54, 1.807) is 24.4 Å². The fourth-order valence-electron chi connectivity index (χ4n) is 5.27. The minimum atomic E-state index is -0.598.